The van der Waals surface area contributed by atoms with E-state index in [0.717, 1.165) is 0 Å². The van der Waals surface area contributed by atoms with Gasteiger partial charge in [-0.3, -0.25) is 9.89 Å². The van der Waals surface area contributed by atoms with Crippen LogP contribution in [0.5, 0.6) is 0 Å². The van der Waals surface area contributed by atoms with Crippen molar-refractivity contribution in [1.29, 1.82) is 0 Å². The molecule has 0 fully saturated rings. The van der Waals surface area contributed by atoms with E-state index in [1.165, 1.54) is 15.9 Å². The molecule has 1 aromatic heterocycles. The summed E-state index contributed by atoms with van der Waals surface area (Å²) in [4.78, 5) is 13.2. The Morgan fingerprint density at radius 2 is 1.14 bits per heavy atom. The van der Waals surface area contributed by atoms with Crippen LogP contribution in [0.2, 0.25) is 0 Å². The number of H-pyrrole nitrogens is 1. The van der Waals surface area contributed by atoms with Crippen LogP contribution in [-0.4, -0.2) is 22.1 Å². The first-order chi connectivity index (χ1) is 13.3. The smallest absolute Gasteiger partial charge is 0.218 e. The topological polar surface area (TPSA) is 45.8 Å². The summed E-state index contributed by atoms with van der Waals surface area (Å²) >= 11 is 0. The largest absolute Gasteiger partial charge is 1.00 e. The number of rotatable bonds is 6. The highest BCUT2D eigenvalue weighted by Crippen LogP contribution is 2.55. The van der Waals surface area contributed by atoms with Gasteiger partial charge in [0.25, 0.3) is 0 Å². The summed E-state index contributed by atoms with van der Waals surface area (Å²) in [5.41, 5.74) is 0.558. The first kappa shape index (κ1) is 20.0. The van der Waals surface area contributed by atoms with Gasteiger partial charge >= 0.3 is 0 Å². The standard InChI is InChI=1S/C23H19N2OP.ClH/c26-23(22-16-17-24-25-22)18-27(19-10-4-1-5-11-19,20-12-6-2-7-13-20)21-14-8-3-9-15-21;/h1-17H,18H2;1H. The molecule has 4 rings (SSSR count). The van der Waals surface area contributed by atoms with E-state index in [1.54, 1.807) is 12.3 Å². The molecule has 0 aliphatic rings. The van der Waals surface area contributed by atoms with Gasteiger partial charge in [-0.05, 0) is 42.5 Å². The second-order valence-electron chi connectivity index (χ2n) is 6.37. The molecule has 3 nitrogen and oxygen atoms in total. The van der Waals surface area contributed by atoms with Crippen molar-refractivity contribution in [2.24, 2.45) is 0 Å². The highest BCUT2D eigenvalue weighted by molar-refractivity contribution is 7.96. The number of hydrogen-bond acceptors (Lipinski definition) is 2. The van der Waals surface area contributed by atoms with E-state index >= 15 is 0 Å². The Kier molecular flexibility index (Phi) is 6.41. The Morgan fingerprint density at radius 3 is 1.50 bits per heavy atom. The normalized spacial score (nSPS) is 10.9. The third-order valence-electron chi connectivity index (χ3n) is 4.77. The molecule has 1 N–H and O–H groups in total. The number of aromatic nitrogens is 2. The van der Waals surface area contributed by atoms with E-state index in [0.29, 0.717) is 11.9 Å². The number of nitrogens with one attached hydrogen (secondary N) is 1. The Labute approximate surface area is 171 Å². The highest BCUT2D eigenvalue weighted by atomic mass is 35.5. The fourth-order valence-electron chi connectivity index (χ4n) is 3.48. The van der Waals surface area contributed by atoms with Crippen molar-refractivity contribution in [1.82, 2.24) is 10.2 Å². The molecule has 4 aromatic rings. The van der Waals surface area contributed by atoms with Gasteiger partial charge in [0.05, 0.1) is 0 Å². The molecule has 0 radical (unpaired) electrons. The molecular weight excluding hydrogens is 387 g/mol. The van der Waals surface area contributed by atoms with Crippen molar-refractivity contribution in [2.75, 3.05) is 6.16 Å². The number of Topliss-reactive ketones (excluding diaryl/α,β-unsaturated/α-hetero) is 1. The first-order valence-corrected chi connectivity index (χ1v) is 10.9. The van der Waals surface area contributed by atoms with Crippen LogP contribution >= 0.6 is 7.26 Å². The average Bonchev–Trinajstić information content (AvgIpc) is 3.29. The fraction of sp³-hybridized carbons (Fsp3) is 0.0435. The van der Waals surface area contributed by atoms with Crippen LogP contribution < -0.4 is 28.3 Å². The van der Waals surface area contributed by atoms with Gasteiger partial charge in [-0.25, -0.2) is 0 Å². The van der Waals surface area contributed by atoms with Crippen molar-refractivity contribution < 1.29 is 17.2 Å². The molecule has 140 valence electrons. The quantitative estimate of drug-likeness (QED) is 0.376. The average molecular weight is 407 g/mol. The van der Waals surface area contributed by atoms with Gasteiger partial charge in [-0.2, -0.15) is 5.10 Å². The van der Waals surface area contributed by atoms with E-state index in [2.05, 4.69) is 83.0 Å². The van der Waals surface area contributed by atoms with Crippen LogP contribution in [-0.2, 0) is 0 Å². The fourth-order valence-corrected chi connectivity index (χ4v) is 7.57. The van der Waals surface area contributed by atoms with E-state index in [9.17, 15) is 4.79 Å². The second kappa shape index (κ2) is 8.97. The molecule has 1 heterocycles. The third-order valence-corrected chi connectivity index (χ3v) is 9.07. The van der Waals surface area contributed by atoms with Gasteiger partial charge in [0.1, 0.15) is 35.0 Å². The number of hydrogen-bond donors (Lipinski definition) is 1. The Balaban J connectivity index is 0.00000225. The zero-order valence-corrected chi connectivity index (χ0v) is 16.9. The number of nitrogens with zero attached hydrogens (tertiary/aromatic N) is 1. The van der Waals surface area contributed by atoms with E-state index in [4.69, 9.17) is 0 Å². The molecule has 0 amide bonds. The van der Waals surface area contributed by atoms with Crippen LogP contribution in [0.25, 0.3) is 0 Å². The molecule has 5 heteroatoms. The number of halogens is 1. The SMILES string of the molecule is O=C(C[P+](c1ccccc1)(c1ccccc1)c1ccccc1)c1ccn[nH]1.[Cl-]. The van der Waals surface area contributed by atoms with Crippen molar-refractivity contribution >= 4 is 29.0 Å². The van der Waals surface area contributed by atoms with Crippen molar-refractivity contribution in [3.05, 3.63) is 109 Å². The van der Waals surface area contributed by atoms with E-state index in [1.807, 2.05) is 18.2 Å². The number of aromatic amines is 1. The van der Waals surface area contributed by atoms with Gasteiger partial charge < -0.3 is 12.4 Å². The summed E-state index contributed by atoms with van der Waals surface area (Å²) in [7, 11) is -2.15. The van der Waals surface area contributed by atoms with Crippen LogP contribution in [0.15, 0.2) is 103 Å². The summed E-state index contributed by atoms with van der Waals surface area (Å²) in [6.07, 6.45) is 2.05. The molecule has 3 aromatic carbocycles. The lowest BCUT2D eigenvalue weighted by Crippen LogP contribution is -3.00. The second-order valence-corrected chi connectivity index (χ2v) is 9.85. The van der Waals surface area contributed by atoms with E-state index in [-0.39, 0.29) is 18.2 Å². The number of carbonyl (C=O) groups excluding carboxylic acids is 1. The summed E-state index contributed by atoms with van der Waals surface area (Å²) in [6.45, 7) is 0. The van der Waals surface area contributed by atoms with Crippen LogP contribution in [0.4, 0.5) is 0 Å². The van der Waals surface area contributed by atoms with Crippen molar-refractivity contribution in [3.63, 3.8) is 0 Å². The van der Waals surface area contributed by atoms with Gasteiger partial charge in [-0.1, -0.05) is 54.6 Å². The number of ketones is 1. The molecule has 0 atom stereocenters. The predicted octanol–water partition coefficient (Wildman–Crippen LogP) is 0.590. The van der Waals surface area contributed by atoms with Gasteiger partial charge in [0.2, 0.25) is 5.78 Å². The van der Waals surface area contributed by atoms with Gasteiger partial charge in [0, 0.05) is 6.20 Å². The molecule has 0 saturated heterocycles. The van der Waals surface area contributed by atoms with Crippen molar-refractivity contribution in [2.45, 2.75) is 0 Å². The van der Waals surface area contributed by atoms with Crippen molar-refractivity contribution in [3.8, 4) is 0 Å². The molecule has 0 spiro atoms. The Morgan fingerprint density at radius 1 is 0.714 bits per heavy atom. The number of benzene rings is 3. The zero-order chi connectivity index (χ0) is 18.5. The molecule has 0 bridgehead atoms. The number of carbonyl (C=O) groups is 1. The molecule has 0 saturated carbocycles. The third kappa shape index (κ3) is 3.77. The monoisotopic (exact) mass is 406 g/mol. The maximum Gasteiger partial charge on any atom is 0.218 e. The minimum Gasteiger partial charge on any atom is -1.00 e. The molecule has 28 heavy (non-hydrogen) atoms. The summed E-state index contributed by atoms with van der Waals surface area (Å²) < 4.78 is 0. The Hall–Kier alpha value is -2.74. The highest BCUT2D eigenvalue weighted by Gasteiger charge is 2.47. The minimum atomic E-state index is -2.15. The van der Waals surface area contributed by atoms with Crippen LogP contribution in [0.1, 0.15) is 10.5 Å². The van der Waals surface area contributed by atoms with Crippen LogP contribution in [0, 0.1) is 0 Å². The molecule has 0 aliphatic heterocycles. The van der Waals surface area contributed by atoms with E-state index < -0.39 is 7.26 Å². The summed E-state index contributed by atoms with van der Waals surface area (Å²) in [5.74, 6) is 0.0809. The lowest BCUT2D eigenvalue weighted by Gasteiger charge is -2.26. The predicted molar refractivity (Wildman–Crippen MR) is 113 cm³/mol. The maximum atomic E-state index is 13.2. The van der Waals surface area contributed by atoms with Gasteiger partial charge in [0.15, 0.2) is 0 Å². The first-order valence-electron chi connectivity index (χ1n) is 8.88. The van der Waals surface area contributed by atoms with Gasteiger partial charge in [-0.15, -0.1) is 0 Å². The molecular formula is C23H20ClN2OP. The van der Waals surface area contributed by atoms with Crippen LogP contribution in [0.3, 0.4) is 0 Å². The molecule has 0 unspecified atom stereocenters. The summed E-state index contributed by atoms with van der Waals surface area (Å²) in [5, 5.41) is 10.4. The molecule has 0 aliphatic carbocycles. The Bertz CT molecular complexity index is 910. The minimum absolute atomic E-state index is 0. The maximum absolute atomic E-state index is 13.2. The lowest BCUT2D eigenvalue weighted by atomic mass is 10.3. The summed E-state index contributed by atoms with van der Waals surface area (Å²) in [6, 6.07) is 33.0. The lowest BCUT2D eigenvalue weighted by molar-refractivity contribution is -0.0000131. The zero-order valence-electron chi connectivity index (χ0n) is 15.2.